The minimum atomic E-state index is -0.257. The predicted molar refractivity (Wildman–Crippen MR) is 118 cm³/mol. The van der Waals surface area contributed by atoms with Crippen LogP contribution in [0.5, 0.6) is 0 Å². The maximum atomic E-state index is 12.1. The van der Waals surface area contributed by atoms with Gasteiger partial charge in [0.25, 0.3) is 0 Å². The van der Waals surface area contributed by atoms with Crippen molar-refractivity contribution in [3.63, 3.8) is 0 Å². The number of amides is 4. The van der Waals surface area contributed by atoms with Crippen molar-refractivity contribution in [1.29, 1.82) is 0 Å². The van der Waals surface area contributed by atoms with Crippen LogP contribution in [-0.2, 0) is 6.54 Å². The number of benzene rings is 3. The first kappa shape index (κ1) is 19.3. The maximum Gasteiger partial charge on any atom is 0.321 e. The van der Waals surface area contributed by atoms with Gasteiger partial charge in [-0.05, 0) is 40.6 Å². The van der Waals surface area contributed by atoms with E-state index < -0.39 is 0 Å². The molecule has 0 unspecified atom stereocenters. The molecule has 1 fully saturated rings. The van der Waals surface area contributed by atoms with Crippen molar-refractivity contribution in [2.75, 3.05) is 24.5 Å². The van der Waals surface area contributed by atoms with Crippen molar-refractivity contribution in [2.24, 2.45) is 0 Å². The molecule has 0 aromatic heterocycles. The molecule has 0 atom stereocenters. The third-order valence-corrected chi connectivity index (χ3v) is 4.93. The van der Waals surface area contributed by atoms with Crippen molar-refractivity contribution in [2.45, 2.75) is 6.54 Å². The molecule has 0 saturated carbocycles. The van der Waals surface area contributed by atoms with Crippen molar-refractivity contribution in [3.8, 4) is 11.8 Å². The zero-order chi connectivity index (χ0) is 20.8. The second kappa shape index (κ2) is 9.01. The molecule has 150 valence electrons. The van der Waals surface area contributed by atoms with Crippen LogP contribution >= 0.6 is 0 Å². The van der Waals surface area contributed by atoms with Crippen LogP contribution in [0.4, 0.5) is 15.3 Å². The summed E-state index contributed by atoms with van der Waals surface area (Å²) in [6.45, 7) is 2.03. The Kier molecular flexibility index (Phi) is 5.81. The standard InChI is InChI=1S/C24H22N4O2/c29-23(27-17-20-8-3-7-19-6-1-2-9-22(19)20)25-14-4-5-18-10-12-21(13-11-18)28-16-15-26-24(28)30/h1-3,6-13H,14-17H2,(H,26,30)(H2,25,27,29). The Morgan fingerprint density at radius 3 is 2.60 bits per heavy atom. The van der Waals surface area contributed by atoms with E-state index in [4.69, 9.17) is 0 Å². The lowest BCUT2D eigenvalue weighted by Gasteiger charge is -2.13. The van der Waals surface area contributed by atoms with Gasteiger partial charge in [0.05, 0.1) is 6.54 Å². The summed E-state index contributed by atoms with van der Waals surface area (Å²) in [6, 6.07) is 21.3. The minimum absolute atomic E-state index is 0.0763. The number of carbonyl (C=O) groups is 2. The summed E-state index contributed by atoms with van der Waals surface area (Å²) in [6.07, 6.45) is 0. The van der Waals surface area contributed by atoms with Gasteiger partial charge in [-0.15, -0.1) is 0 Å². The normalized spacial score (nSPS) is 12.8. The minimum Gasteiger partial charge on any atom is -0.336 e. The van der Waals surface area contributed by atoms with Gasteiger partial charge in [-0.3, -0.25) is 4.90 Å². The highest BCUT2D eigenvalue weighted by Crippen LogP contribution is 2.18. The molecule has 4 amide bonds. The van der Waals surface area contributed by atoms with E-state index in [-0.39, 0.29) is 18.6 Å². The Balaban J connectivity index is 1.26. The summed E-state index contributed by atoms with van der Waals surface area (Å²) in [7, 11) is 0. The molecular formula is C24H22N4O2. The van der Waals surface area contributed by atoms with E-state index in [1.807, 2.05) is 48.5 Å². The molecule has 30 heavy (non-hydrogen) atoms. The number of carbonyl (C=O) groups excluding carboxylic acids is 2. The van der Waals surface area contributed by atoms with E-state index in [1.54, 1.807) is 4.90 Å². The summed E-state index contributed by atoms with van der Waals surface area (Å²) in [4.78, 5) is 25.4. The molecule has 4 rings (SSSR count). The van der Waals surface area contributed by atoms with Crippen LogP contribution in [0.25, 0.3) is 10.8 Å². The first-order chi connectivity index (χ1) is 14.7. The zero-order valence-corrected chi connectivity index (χ0v) is 16.4. The highest BCUT2D eigenvalue weighted by molar-refractivity contribution is 5.94. The van der Waals surface area contributed by atoms with Gasteiger partial charge in [0, 0.05) is 30.9 Å². The molecule has 3 aromatic rings. The average molecular weight is 398 g/mol. The molecule has 0 bridgehead atoms. The number of hydrogen-bond donors (Lipinski definition) is 3. The first-order valence-electron chi connectivity index (χ1n) is 9.83. The molecular weight excluding hydrogens is 376 g/mol. The van der Waals surface area contributed by atoms with E-state index in [2.05, 4.69) is 46.0 Å². The molecule has 6 heteroatoms. The van der Waals surface area contributed by atoms with Gasteiger partial charge in [0.2, 0.25) is 0 Å². The van der Waals surface area contributed by atoms with Gasteiger partial charge in [-0.25, -0.2) is 9.59 Å². The highest BCUT2D eigenvalue weighted by atomic mass is 16.2. The van der Waals surface area contributed by atoms with Crippen molar-refractivity contribution in [3.05, 3.63) is 77.9 Å². The van der Waals surface area contributed by atoms with E-state index >= 15 is 0 Å². The fourth-order valence-corrected chi connectivity index (χ4v) is 3.40. The number of nitrogens with one attached hydrogen (secondary N) is 3. The second-order valence-corrected chi connectivity index (χ2v) is 6.91. The Morgan fingerprint density at radius 1 is 1.00 bits per heavy atom. The lowest BCUT2D eigenvalue weighted by Crippen LogP contribution is -2.35. The number of rotatable bonds is 4. The van der Waals surface area contributed by atoms with Gasteiger partial charge in [0.15, 0.2) is 0 Å². The van der Waals surface area contributed by atoms with Gasteiger partial charge in [0.1, 0.15) is 0 Å². The van der Waals surface area contributed by atoms with Crippen molar-refractivity contribution in [1.82, 2.24) is 16.0 Å². The van der Waals surface area contributed by atoms with Crippen LogP contribution < -0.4 is 20.9 Å². The first-order valence-corrected chi connectivity index (χ1v) is 9.83. The number of urea groups is 2. The lowest BCUT2D eigenvalue weighted by molar-refractivity contribution is 0.241. The van der Waals surface area contributed by atoms with Crippen LogP contribution in [0.2, 0.25) is 0 Å². The Labute approximate surface area is 175 Å². The van der Waals surface area contributed by atoms with Crippen LogP contribution in [0.15, 0.2) is 66.7 Å². The third kappa shape index (κ3) is 4.53. The lowest BCUT2D eigenvalue weighted by atomic mass is 10.0. The number of hydrogen-bond acceptors (Lipinski definition) is 2. The van der Waals surface area contributed by atoms with Gasteiger partial charge in [-0.2, -0.15) is 0 Å². The smallest absolute Gasteiger partial charge is 0.321 e. The molecule has 1 saturated heterocycles. The molecule has 0 aliphatic carbocycles. The molecule has 1 aliphatic heterocycles. The summed E-state index contributed by atoms with van der Waals surface area (Å²) < 4.78 is 0. The molecule has 1 aliphatic rings. The SMILES string of the molecule is O=C(NCC#Cc1ccc(N2CCNC2=O)cc1)NCc1cccc2ccccc12. The highest BCUT2D eigenvalue weighted by Gasteiger charge is 2.20. The number of nitrogens with zero attached hydrogens (tertiary/aromatic N) is 1. The summed E-state index contributed by atoms with van der Waals surface area (Å²) >= 11 is 0. The maximum absolute atomic E-state index is 12.1. The molecule has 3 N–H and O–H groups in total. The summed E-state index contributed by atoms with van der Waals surface area (Å²) in [5.74, 6) is 5.96. The fraction of sp³-hybridized carbons (Fsp3) is 0.167. The van der Waals surface area contributed by atoms with E-state index in [9.17, 15) is 9.59 Å². The Hall–Kier alpha value is -3.98. The van der Waals surface area contributed by atoms with Crippen LogP contribution in [0.3, 0.4) is 0 Å². The van der Waals surface area contributed by atoms with Crippen molar-refractivity contribution < 1.29 is 9.59 Å². The monoisotopic (exact) mass is 398 g/mol. The van der Waals surface area contributed by atoms with E-state index in [0.29, 0.717) is 19.6 Å². The quantitative estimate of drug-likeness (QED) is 0.591. The van der Waals surface area contributed by atoms with Gasteiger partial charge >= 0.3 is 12.1 Å². The molecule has 0 radical (unpaired) electrons. The van der Waals surface area contributed by atoms with Crippen molar-refractivity contribution >= 4 is 28.5 Å². The predicted octanol–water partition coefficient (Wildman–Crippen LogP) is 3.22. The van der Waals surface area contributed by atoms with E-state index in [0.717, 1.165) is 27.6 Å². The zero-order valence-electron chi connectivity index (χ0n) is 16.4. The molecule has 6 nitrogen and oxygen atoms in total. The average Bonchev–Trinajstić information content (AvgIpc) is 3.21. The van der Waals surface area contributed by atoms with Gasteiger partial charge in [-0.1, -0.05) is 54.3 Å². The topological polar surface area (TPSA) is 73.5 Å². The Bertz CT molecular complexity index is 1120. The second-order valence-electron chi connectivity index (χ2n) is 6.91. The van der Waals surface area contributed by atoms with Gasteiger partial charge < -0.3 is 16.0 Å². The third-order valence-electron chi connectivity index (χ3n) is 4.93. The van der Waals surface area contributed by atoms with Crippen LogP contribution in [-0.4, -0.2) is 31.7 Å². The summed E-state index contributed by atoms with van der Waals surface area (Å²) in [5, 5.41) is 10.7. The molecule has 3 aromatic carbocycles. The molecule has 0 spiro atoms. The van der Waals surface area contributed by atoms with Crippen LogP contribution in [0.1, 0.15) is 11.1 Å². The summed E-state index contributed by atoms with van der Waals surface area (Å²) in [5.41, 5.74) is 2.75. The largest absolute Gasteiger partial charge is 0.336 e. The van der Waals surface area contributed by atoms with E-state index in [1.165, 1.54) is 0 Å². The Morgan fingerprint density at radius 2 is 1.80 bits per heavy atom. The number of fused-ring (bicyclic) bond motifs is 1. The fourth-order valence-electron chi connectivity index (χ4n) is 3.40. The number of anilines is 1. The van der Waals surface area contributed by atoms with Crippen LogP contribution in [0, 0.1) is 11.8 Å². The molecule has 1 heterocycles.